The second-order valence-electron chi connectivity index (χ2n) is 7.16. The highest BCUT2D eigenvalue weighted by molar-refractivity contribution is 7.13. The highest BCUT2D eigenvalue weighted by Gasteiger charge is 2.33. The van der Waals surface area contributed by atoms with Crippen LogP contribution in [0.25, 0.3) is 0 Å². The van der Waals surface area contributed by atoms with E-state index >= 15 is 0 Å². The standard InChI is InChI=1S/C21H19F2N5O2S/c1-12-7-8-15(11-16(12)23)25-21(30)28-9-3-6-17(28)19-26-27-20(31-19)18(29)24-14-5-2-4-13(22)10-14/h2,4-5,7-8,10-11,17H,3,6,9H2,1H3,(H,24,29)(H,25,30). The lowest BCUT2D eigenvalue weighted by molar-refractivity contribution is 0.102. The van der Waals surface area contributed by atoms with Crippen molar-refractivity contribution in [1.29, 1.82) is 0 Å². The van der Waals surface area contributed by atoms with Crippen LogP contribution in [-0.4, -0.2) is 33.6 Å². The van der Waals surface area contributed by atoms with Crippen LogP contribution in [0.5, 0.6) is 0 Å². The van der Waals surface area contributed by atoms with Gasteiger partial charge in [0.1, 0.15) is 16.6 Å². The van der Waals surface area contributed by atoms with Gasteiger partial charge in [0, 0.05) is 17.9 Å². The molecule has 7 nitrogen and oxygen atoms in total. The summed E-state index contributed by atoms with van der Waals surface area (Å²) in [4.78, 5) is 26.8. The van der Waals surface area contributed by atoms with Gasteiger partial charge in [-0.05, 0) is 55.7 Å². The Hall–Kier alpha value is -3.40. The Morgan fingerprint density at radius 3 is 2.68 bits per heavy atom. The molecule has 0 aliphatic carbocycles. The van der Waals surface area contributed by atoms with E-state index in [1.54, 1.807) is 30.0 Å². The summed E-state index contributed by atoms with van der Waals surface area (Å²) < 4.78 is 27.1. The number of aromatic nitrogens is 2. The van der Waals surface area contributed by atoms with Crippen molar-refractivity contribution in [3.05, 3.63) is 69.7 Å². The molecule has 1 aliphatic heterocycles. The highest BCUT2D eigenvalue weighted by Crippen LogP contribution is 2.34. The van der Waals surface area contributed by atoms with Crippen molar-refractivity contribution < 1.29 is 18.4 Å². The van der Waals surface area contributed by atoms with Crippen molar-refractivity contribution in [2.75, 3.05) is 17.2 Å². The van der Waals surface area contributed by atoms with Crippen LogP contribution in [0.1, 0.15) is 39.3 Å². The molecule has 0 radical (unpaired) electrons. The number of anilines is 2. The molecule has 0 bridgehead atoms. The Kier molecular flexibility index (Phi) is 5.90. The molecule has 31 heavy (non-hydrogen) atoms. The number of carbonyl (C=O) groups excluding carboxylic acids is 2. The summed E-state index contributed by atoms with van der Waals surface area (Å²) in [5.41, 5.74) is 1.18. The molecule has 160 valence electrons. The Morgan fingerprint density at radius 1 is 1.10 bits per heavy atom. The van der Waals surface area contributed by atoms with Crippen molar-refractivity contribution in [2.24, 2.45) is 0 Å². The van der Waals surface area contributed by atoms with Crippen LogP contribution in [-0.2, 0) is 0 Å². The summed E-state index contributed by atoms with van der Waals surface area (Å²) in [6, 6.07) is 9.36. The van der Waals surface area contributed by atoms with Gasteiger partial charge in [0.05, 0.1) is 6.04 Å². The van der Waals surface area contributed by atoms with Gasteiger partial charge in [-0.2, -0.15) is 0 Å². The molecular formula is C21H19F2N5O2S. The van der Waals surface area contributed by atoms with Crippen LogP contribution in [0.15, 0.2) is 42.5 Å². The second kappa shape index (κ2) is 8.76. The number of amides is 3. The molecule has 2 heterocycles. The quantitative estimate of drug-likeness (QED) is 0.609. The molecule has 4 rings (SSSR count). The average molecular weight is 443 g/mol. The lowest BCUT2D eigenvalue weighted by Gasteiger charge is -2.23. The number of halogens is 2. The Balaban J connectivity index is 1.45. The molecule has 1 unspecified atom stereocenters. The molecule has 3 amide bonds. The van der Waals surface area contributed by atoms with Crippen LogP contribution in [0.4, 0.5) is 25.0 Å². The van der Waals surface area contributed by atoms with Crippen molar-refractivity contribution in [1.82, 2.24) is 15.1 Å². The number of nitrogens with one attached hydrogen (secondary N) is 2. The summed E-state index contributed by atoms with van der Waals surface area (Å²) in [7, 11) is 0. The molecule has 1 fully saturated rings. The fourth-order valence-corrected chi connectivity index (χ4v) is 4.23. The minimum Gasteiger partial charge on any atom is -0.320 e. The summed E-state index contributed by atoms with van der Waals surface area (Å²) in [6.07, 6.45) is 1.45. The summed E-state index contributed by atoms with van der Waals surface area (Å²) >= 11 is 1.08. The van der Waals surface area contributed by atoms with Gasteiger partial charge in [0.25, 0.3) is 5.91 Å². The number of nitrogens with zero attached hydrogens (tertiary/aromatic N) is 3. The van der Waals surface area contributed by atoms with E-state index in [0.29, 0.717) is 34.9 Å². The maximum atomic E-state index is 13.8. The highest BCUT2D eigenvalue weighted by atomic mass is 32.1. The smallest absolute Gasteiger partial charge is 0.320 e. The number of hydrogen-bond acceptors (Lipinski definition) is 5. The van der Waals surface area contributed by atoms with E-state index in [-0.39, 0.29) is 17.1 Å². The molecular weight excluding hydrogens is 424 g/mol. The monoisotopic (exact) mass is 443 g/mol. The van der Waals surface area contributed by atoms with E-state index in [4.69, 9.17) is 0 Å². The van der Waals surface area contributed by atoms with Crippen molar-refractivity contribution >= 4 is 34.6 Å². The van der Waals surface area contributed by atoms with Crippen LogP contribution < -0.4 is 10.6 Å². The minimum absolute atomic E-state index is 0.118. The summed E-state index contributed by atoms with van der Waals surface area (Å²) in [6.45, 7) is 2.16. The SMILES string of the molecule is Cc1ccc(NC(=O)N2CCCC2c2nnc(C(=O)Nc3cccc(F)c3)s2)cc1F. The lowest BCUT2D eigenvalue weighted by atomic mass is 10.2. The third-order valence-electron chi connectivity index (χ3n) is 4.94. The summed E-state index contributed by atoms with van der Waals surface area (Å²) in [5, 5.41) is 14.0. The first kappa shape index (κ1) is 20.9. The van der Waals surface area contributed by atoms with Crippen molar-refractivity contribution in [3.8, 4) is 0 Å². The van der Waals surface area contributed by atoms with Gasteiger partial charge in [0.2, 0.25) is 5.01 Å². The van der Waals surface area contributed by atoms with Crippen LogP contribution in [0.3, 0.4) is 0 Å². The van der Waals surface area contributed by atoms with Gasteiger partial charge in [-0.15, -0.1) is 10.2 Å². The fourth-order valence-electron chi connectivity index (χ4n) is 3.34. The zero-order valence-corrected chi connectivity index (χ0v) is 17.4. The maximum Gasteiger partial charge on any atom is 0.322 e. The predicted molar refractivity (Wildman–Crippen MR) is 113 cm³/mol. The maximum absolute atomic E-state index is 13.8. The van der Waals surface area contributed by atoms with Gasteiger partial charge in [0.15, 0.2) is 0 Å². The van der Waals surface area contributed by atoms with Crippen molar-refractivity contribution in [2.45, 2.75) is 25.8 Å². The van der Waals surface area contributed by atoms with E-state index in [0.717, 1.165) is 17.8 Å². The van der Waals surface area contributed by atoms with Crippen LogP contribution in [0, 0.1) is 18.6 Å². The topological polar surface area (TPSA) is 87.2 Å². The largest absolute Gasteiger partial charge is 0.322 e. The first-order chi connectivity index (χ1) is 14.9. The van der Waals surface area contributed by atoms with E-state index in [9.17, 15) is 18.4 Å². The summed E-state index contributed by atoms with van der Waals surface area (Å²) in [5.74, 6) is -1.36. The number of urea groups is 1. The Morgan fingerprint density at radius 2 is 1.90 bits per heavy atom. The number of hydrogen-bond donors (Lipinski definition) is 2. The number of likely N-dealkylation sites (tertiary alicyclic amines) is 1. The molecule has 1 atom stereocenters. The minimum atomic E-state index is -0.501. The molecule has 1 saturated heterocycles. The second-order valence-corrected chi connectivity index (χ2v) is 8.16. The molecule has 3 aromatic rings. The van der Waals surface area contributed by atoms with E-state index in [1.165, 1.54) is 24.3 Å². The predicted octanol–water partition coefficient (Wildman–Crippen LogP) is 4.75. The van der Waals surface area contributed by atoms with Crippen LogP contribution >= 0.6 is 11.3 Å². The molecule has 10 heteroatoms. The zero-order chi connectivity index (χ0) is 22.0. The molecule has 2 N–H and O–H groups in total. The van der Waals surface area contributed by atoms with Gasteiger partial charge in [-0.25, -0.2) is 13.6 Å². The fraction of sp³-hybridized carbons (Fsp3) is 0.238. The van der Waals surface area contributed by atoms with E-state index < -0.39 is 17.5 Å². The Bertz CT molecular complexity index is 1140. The Labute approximate surface area is 181 Å². The third kappa shape index (κ3) is 4.69. The zero-order valence-electron chi connectivity index (χ0n) is 16.6. The van der Waals surface area contributed by atoms with Gasteiger partial charge < -0.3 is 15.5 Å². The van der Waals surface area contributed by atoms with Crippen LogP contribution in [0.2, 0.25) is 0 Å². The first-order valence-electron chi connectivity index (χ1n) is 9.65. The molecule has 0 spiro atoms. The molecule has 1 aromatic heterocycles. The normalized spacial score (nSPS) is 15.7. The molecule has 1 aliphatic rings. The third-order valence-corrected chi connectivity index (χ3v) is 5.96. The lowest BCUT2D eigenvalue weighted by Crippen LogP contribution is -2.34. The number of aryl methyl sites for hydroxylation is 1. The van der Waals surface area contributed by atoms with Crippen molar-refractivity contribution in [3.63, 3.8) is 0 Å². The number of benzene rings is 2. The number of rotatable bonds is 4. The van der Waals surface area contributed by atoms with E-state index in [2.05, 4.69) is 20.8 Å². The molecule has 0 saturated carbocycles. The molecule has 2 aromatic carbocycles. The van der Waals surface area contributed by atoms with Gasteiger partial charge >= 0.3 is 6.03 Å². The average Bonchev–Trinajstić information content (AvgIpc) is 3.40. The van der Waals surface area contributed by atoms with Gasteiger partial charge in [-0.1, -0.05) is 23.5 Å². The number of carbonyl (C=O) groups is 2. The van der Waals surface area contributed by atoms with E-state index in [1.807, 2.05) is 0 Å². The van der Waals surface area contributed by atoms with Gasteiger partial charge in [-0.3, -0.25) is 4.79 Å². The first-order valence-corrected chi connectivity index (χ1v) is 10.5.